The van der Waals surface area contributed by atoms with Gasteiger partial charge in [-0.3, -0.25) is 9.36 Å². The van der Waals surface area contributed by atoms with Gasteiger partial charge in [-0.1, -0.05) is 45.0 Å². The Hall–Kier alpha value is -1.98. The molecule has 0 amide bonds. The van der Waals surface area contributed by atoms with Crippen molar-refractivity contribution in [2.75, 3.05) is 13.7 Å². The topological polar surface area (TPSA) is 44.1 Å². The number of aromatic nitrogens is 2. The van der Waals surface area contributed by atoms with E-state index in [1.165, 1.54) is 5.56 Å². The molecule has 1 aromatic carbocycles. The number of hydrogen-bond donors (Lipinski definition) is 0. The Labute approximate surface area is 152 Å². The van der Waals surface area contributed by atoms with Crippen LogP contribution in [0.3, 0.4) is 0 Å². The zero-order valence-corrected chi connectivity index (χ0v) is 16.0. The van der Waals surface area contributed by atoms with Crippen LogP contribution in [0.1, 0.15) is 38.1 Å². The molecular formula is C20H24N2O2S. The predicted octanol–water partition coefficient (Wildman–Crippen LogP) is 4.46. The van der Waals surface area contributed by atoms with Crippen LogP contribution in [0.15, 0.2) is 34.4 Å². The number of methoxy groups -OCH3 is 1. The van der Waals surface area contributed by atoms with Gasteiger partial charge < -0.3 is 4.74 Å². The molecule has 0 aliphatic rings. The van der Waals surface area contributed by atoms with Gasteiger partial charge in [0.15, 0.2) is 0 Å². The van der Waals surface area contributed by atoms with E-state index >= 15 is 0 Å². The number of fused-ring (bicyclic) bond motifs is 1. The first-order valence-corrected chi connectivity index (χ1v) is 9.55. The second kappa shape index (κ2) is 7.50. The summed E-state index contributed by atoms with van der Waals surface area (Å²) in [6.45, 7) is 7.29. The minimum absolute atomic E-state index is 0.0292. The summed E-state index contributed by atoms with van der Waals surface area (Å²) < 4.78 is 6.96. The summed E-state index contributed by atoms with van der Waals surface area (Å²) >= 11 is 1.54. The molecule has 0 radical (unpaired) electrons. The minimum Gasteiger partial charge on any atom is -0.383 e. The number of benzene rings is 1. The van der Waals surface area contributed by atoms with Gasteiger partial charge in [0.25, 0.3) is 5.56 Å². The Bertz CT molecular complexity index is 923. The minimum atomic E-state index is 0.0292. The average Bonchev–Trinajstić information content (AvgIpc) is 3.05. The molecule has 132 valence electrons. The van der Waals surface area contributed by atoms with Crippen molar-refractivity contribution in [2.45, 2.75) is 39.7 Å². The molecule has 0 saturated carbocycles. The van der Waals surface area contributed by atoms with Crippen LogP contribution in [-0.2, 0) is 17.7 Å². The monoisotopic (exact) mass is 356 g/mol. The second-order valence-electron chi connectivity index (χ2n) is 6.45. The molecule has 0 aliphatic carbocycles. The van der Waals surface area contributed by atoms with Crippen molar-refractivity contribution in [3.05, 3.63) is 51.4 Å². The number of rotatable bonds is 6. The van der Waals surface area contributed by atoms with Crippen molar-refractivity contribution in [3.63, 3.8) is 0 Å². The van der Waals surface area contributed by atoms with Gasteiger partial charge in [0.05, 0.1) is 18.5 Å². The van der Waals surface area contributed by atoms with Crippen LogP contribution in [0.2, 0.25) is 0 Å². The lowest BCUT2D eigenvalue weighted by molar-refractivity contribution is 0.184. The molecule has 0 saturated heterocycles. The van der Waals surface area contributed by atoms with E-state index in [-0.39, 0.29) is 11.5 Å². The molecule has 0 unspecified atom stereocenters. The van der Waals surface area contributed by atoms with E-state index in [1.54, 1.807) is 23.0 Å². The standard InChI is InChI=1S/C20H24N2O2S/c1-5-14-6-8-15(9-7-14)16-12-25-19-17(16)20(23)22(10-11-24-4)18(21-19)13(2)3/h6-9,12-13H,5,10-11H2,1-4H3. The number of ether oxygens (including phenoxy) is 1. The highest BCUT2D eigenvalue weighted by atomic mass is 32.1. The summed E-state index contributed by atoms with van der Waals surface area (Å²) in [5, 5.41) is 2.76. The summed E-state index contributed by atoms with van der Waals surface area (Å²) in [6, 6.07) is 8.43. The second-order valence-corrected chi connectivity index (χ2v) is 7.31. The normalized spacial score (nSPS) is 11.6. The van der Waals surface area contributed by atoms with Gasteiger partial charge in [-0.25, -0.2) is 4.98 Å². The van der Waals surface area contributed by atoms with Crippen molar-refractivity contribution in [2.24, 2.45) is 0 Å². The van der Waals surface area contributed by atoms with E-state index in [9.17, 15) is 4.79 Å². The number of hydrogen-bond acceptors (Lipinski definition) is 4. The largest absolute Gasteiger partial charge is 0.383 e. The Morgan fingerprint density at radius 3 is 2.56 bits per heavy atom. The lowest BCUT2D eigenvalue weighted by Gasteiger charge is -2.15. The van der Waals surface area contributed by atoms with Crippen molar-refractivity contribution in [1.29, 1.82) is 0 Å². The van der Waals surface area contributed by atoms with E-state index in [0.29, 0.717) is 13.2 Å². The third kappa shape index (κ3) is 3.39. The van der Waals surface area contributed by atoms with Crippen LogP contribution in [0, 0.1) is 0 Å². The van der Waals surface area contributed by atoms with E-state index in [1.807, 2.05) is 5.38 Å². The zero-order chi connectivity index (χ0) is 18.0. The molecule has 2 aromatic heterocycles. The molecule has 3 aromatic rings. The summed E-state index contributed by atoms with van der Waals surface area (Å²) in [6.07, 6.45) is 1.01. The first-order valence-electron chi connectivity index (χ1n) is 8.67. The number of thiophene rings is 1. The van der Waals surface area contributed by atoms with Gasteiger partial charge in [0.1, 0.15) is 10.7 Å². The van der Waals surface area contributed by atoms with Crippen LogP contribution in [0.25, 0.3) is 21.3 Å². The van der Waals surface area contributed by atoms with E-state index in [4.69, 9.17) is 9.72 Å². The van der Waals surface area contributed by atoms with Crippen molar-refractivity contribution < 1.29 is 4.74 Å². The Kier molecular flexibility index (Phi) is 5.35. The highest BCUT2D eigenvalue weighted by Crippen LogP contribution is 2.32. The lowest BCUT2D eigenvalue weighted by Crippen LogP contribution is -2.27. The molecule has 3 rings (SSSR count). The van der Waals surface area contributed by atoms with Crippen LogP contribution in [0.4, 0.5) is 0 Å². The molecule has 2 heterocycles. The smallest absolute Gasteiger partial charge is 0.262 e. The van der Waals surface area contributed by atoms with Crippen LogP contribution < -0.4 is 5.56 Å². The van der Waals surface area contributed by atoms with Gasteiger partial charge in [-0.05, 0) is 17.5 Å². The molecule has 0 N–H and O–H groups in total. The zero-order valence-electron chi connectivity index (χ0n) is 15.2. The highest BCUT2D eigenvalue weighted by molar-refractivity contribution is 7.17. The maximum absolute atomic E-state index is 13.2. The van der Waals surface area contributed by atoms with E-state index in [0.717, 1.165) is 33.6 Å². The summed E-state index contributed by atoms with van der Waals surface area (Å²) in [7, 11) is 1.65. The molecule has 4 nitrogen and oxygen atoms in total. The van der Waals surface area contributed by atoms with Gasteiger partial charge in [0, 0.05) is 24.0 Å². The third-order valence-corrected chi connectivity index (χ3v) is 5.30. The van der Waals surface area contributed by atoms with Crippen LogP contribution >= 0.6 is 11.3 Å². The highest BCUT2D eigenvalue weighted by Gasteiger charge is 2.18. The Morgan fingerprint density at radius 2 is 1.96 bits per heavy atom. The summed E-state index contributed by atoms with van der Waals surface area (Å²) in [5.41, 5.74) is 3.36. The van der Waals surface area contributed by atoms with Crippen molar-refractivity contribution >= 4 is 21.6 Å². The Morgan fingerprint density at radius 1 is 1.24 bits per heavy atom. The molecule has 0 bridgehead atoms. The lowest BCUT2D eigenvalue weighted by atomic mass is 10.0. The van der Waals surface area contributed by atoms with Gasteiger partial charge in [-0.15, -0.1) is 11.3 Å². The number of nitrogens with zero attached hydrogens (tertiary/aromatic N) is 2. The van der Waals surface area contributed by atoms with Crippen LogP contribution in [-0.4, -0.2) is 23.3 Å². The molecule has 0 fully saturated rings. The fraction of sp³-hybridized carbons (Fsp3) is 0.400. The molecule has 0 spiro atoms. The fourth-order valence-corrected chi connectivity index (χ4v) is 3.96. The maximum atomic E-state index is 13.2. The summed E-state index contributed by atoms with van der Waals surface area (Å²) in [5.74, 6) is 1.01. The first kappa shape index (κ1) is 17.8. The van der Waals surface area contributed by atoms with E-state index < -0.39 is 0 Å². The molecule has 0 aliphatic heterocycles. The number of aryl methyl sites for hydroxylation is 1. The van der Waals surface area contributed by atoms with Crippen molar-refractivity contribution in [1.82, 2.24) is 9.55 Å². The van der Waals surface area contributed by atoms with Crippen LogP contribution in [0.5, 0.6) is 0 Å². The SMILES string of the molecule is CCc1ccc(-c2csc3nc(C(C)C)n(CCOC)c(=O)c23)cc1. The fourth-order valence-electron chi connectivity index (χ4n) is 3.01. The van der Waals surface area contributed by atoms with E-state index in [2.05, 4.69) is 45.0 Å². The van der Waals surface area contributed by atoms with Gasteiger partial charge in [0.2, 0.25) is 0 Å². The average molecular weight is 356 g/mol. The molecular weight excluding hydrogens is 332 g/mol. The summed E-state index contributed by atoms with van der Waals surface area (Å²) in [4.78, 5) is 18.8. The quantitative estimate of drug-likeness (QED) is 0.655. The maximum Gasteiger partial charge on any atom is 0.262 e. The third-order valence-electron chi connectivity index (χ3n) is 4.43. The molecule has 5 heteroatoms. The van der Waals surface area contributed by atoms with Crippen molar-refractivity contribution in [3.8, 4) is 11.1 Å². The molecule has 25 heavy (non-hydrogen) atoms. The Balaban J connectivity index is 2.20. The first-order chi connectivity index (χ1) is 12.1. The van der Waals surface area contributed by atoms with Gasteiger partial charge in [-0.2, -0.15) is 0 Å². The van der Waals surface area contributed by atoms with Gasteiger partial charge >= 0.3 is 0 Å². The predicted molar refractivity (Wildman–Crippen MR) is 105 cm³/mol. The molecule has 0 atom stereocenters.